The fourth-order valence-electron chi connectivity index (χ4n) is 3.34. The molecule has 1 N–H and O–H groups in total. The average molecular weight is 232 g/mol. The summed E-state index contributed by atoms with van der Waals surface area (Å²) in [4.78, 5) is 10.9. The molecule has 1 aromatic rings. The van der Waals surface area contributed by atoms with Gasteiger partial charge in [-0.3, -0.25) is 4.79 Å². The highest BCUT2D eigenvalue weighted by Crippen LogP contribution is 2.73. The summed E-state index contributed by atoms with van der Waals surface area (Å²) < 4.78 is 5.70. The summed E-state index contributed by atoms with van der Waals surface area (Å²) in [5, 5.41) is 9.01. The Balaban J connectivity index is 1.45. The van der Waals surface area contributed by atoms with Gasteiger partial charge in [-0.05, 0) is 30.2 Å². The molecule has 4 rings (SSSR count). The topological polar surface area (TPSA) is 46.5 Å². The van der Waals surface area contributed by atoms with Crippen LogP contribution in [0, 0.1) is 10.8 Å². The maximum absolute atomic E-state index is 10.9. The van der Waals surface area contributed by atoms with E-state index >= 15 is 0 Å². The van der Waals surface area contributed by atoms with Crippen molar-refractivity contribution in [2.24, 2.45) is 10.8 Å². The zero-order valence-electron chi connectivity index (χ0n) is 9.69. The van der Waals surface area contributed by atoms with Crippen molar-refractivity contribution in [2.75, 3.05) is 6.61 Å². The molecule has 0 atom stereocenters. The number of carboxylic acid groups (broad SMARTS) is 1. The van der Waals surface area contributed by atoms with Crippen molar-refractivity contribution >= 4 is 5.97 Å². The van der Waals surface area contributed by atoms with Crippen molar-refractivity contribution in [1.82, 2.24) is 0 Å². The second-order valence-corrected chi connectivity index (χ2v) is 5.59. The fraction of sp³-hybridized carbons (Fsp3) is 0.500. The largest absolute Gasteiger partial charge is 0.481 e. The van der Waals surface area contributed by atoms with Crippen LogP contribution in [0.5, 0.6) is 0 Å². The molecule has 3 aliphatic rings. The van der Waals surface area contributed by atoms with Crippen LogP contribution in [0.15, 0.2) is 30.3 Å². The summed E-state index contributed by atoms with van der Waals surface area (Å²) in [7, 11) is 0. The Labute approximate surface area is 100 Å². The molecule has 0 aromatic heterocycles. The predicted molar refractivity (Wildman–Crippen MR) is 62.5 cm³/mol. The molecule has 3 nitrogen and oxygen atoms in total. The summed E-state index contributed by atoms with van der Waals surface area (Å²) >= 11 is 0. The van der Waals surface area contributed by atoms with Gasteiger partial charge in [-0.2, -0.15) is 0 Å². The molecule has 3 saturated carbocycles. The predicted octanol–water partition coefficient (Wildman–Crippen LogP) is 2.46. The first-order chi connectivity index (χ1) is 8.14. The van der Waals surface area contributed by atoms with Gasteiger partial charge in [0.25, 0.3) is 0 Å². The Morgan fingerprint density at radius 1 is 1.24 bits per heavy atom. The van der Waals surface area contributed by atoms with Gasteiger partial charge in [0, 0.05) is 0 Å². The van der Waals surface area contributed by atoms with E-state index in [2.05, 4.69) is 0 Å². The molecule has 0 saturated heterocycles. The number of benzene rings is 1. The van der Waals surface area contributed by atoms with Crippen LogP contribution in [0.1, 0.15) is 24.8 Å². The Hall–Kier alpha value is -1.35. The summed E-state index contributed by atoms with van der Waals surface area (Å²) in [6, 6.07) is 10.1. The molecule has 1 aromatic carbocycles. The molecule has 3 fully saturated rings. The first-order valence-electron chi connectivity index (χ1n) is 5.99. The van der Waals surface area contributed by atoms with Gasteiger partial charge in [-0.15, -0.1) is 0 Å². The van der Waals surface area contributed by atoms with Crippen molar-refractivity contribution in [2.45, 2.75) is 25.9 Å². The van der Waals surface area contributed by atoms with Crippen molar-refractivity contribution in [3.05, 3.63) is 35.9 Å². The number of carbonyl (C=O) groups is 1. The van der Waals surface area contributed by atoms with Crippen LogP contribution >= 0.6 is 0 Å². The van der Waals surface area contributed by atoms with Crippen molar-refractivity contribution in [3.63, 3.8) is 0 Å². The Bertz CT molecular complexity index is 418. The van der Waals surface area contributed by atoms with Crippen molar-refractivity contribution < 1.29 is 14.6 Å². The minimum atomic E-state index is -0.623. The number of carboxylic acids is 1. The average Bonchev–Trinajstić information content (AvgIpc) is 2.20. The number of rotatable bonds is 5. The summed E-state index contributed by atoms with van der Waals surface area (Å²) in [5.41, 5.74) is 0.982. The molecular formula is C14H16O3. The van der Waals surface area contributed by atoms with Gasteiger partial charge in [0.1, 0.15) is 0 Å². The Morgan fingerprint density at radius 2 is 1.88 bits per heavy atom. The molecule has 90 valence electrons. The molecule has 0 spiro atoms. The highest BCUT2D eigenvalue weighted by Gasteiger charge is 2.71. The van der Waals surface area contributed by atoms with Crippen molar-refractivity contribution in [3.8, 4) is 0 Å². The number of ether oxygens (including phenoxy) is 1. The lowest BCUT2D eigenvalue weighted by Crippen LogP contribution is -2.67. The molecule has 0 heterocycles. The molecule has 0 radical (unpaired) electrons. The second-order valence-electron chi connectivity index (χ2n) is 5.59. The van der Waals surface area contributed by atoms with Gasteiger partial charge in [-0.25, -0.2) is 0 Å². The summed E-state index contributed by atoms with van der Waals surface area (Å²) in [6.07, 6.45) is 2.43. The molecular weight excluding hydrogens is 216 g/mol. The number of hydrogen-bond acceptors (Lipinski definition) is 2. The minimum Gasteiger partial charge on any atom is -0.481 e. The van der Waals surface area contributed by atoms with E-state index in [1.807, 2.05) is 30.3 Å². The monoisotopic (exact) mass is 232 g/mol. The maximum Gasteiger partial charge on any atom is 0.309 e. The van der Waals surface area contributed by atoms with Crippen LogP contribution in [-0.4, -0.2) is 17.7 Å². The first kappa shape index (κ1) is 10.8. The third-order valence-electron chi connectivity index (χ3n) is 4.11. The normalized spacial score (nSPS) is 33.6. The smallest absolute Gasteiger partial charge is 0.309 e. The molecule has 3 heteroatoms. The first-order valence-corrected chi connectivity index (χ1v) is 5.99. The van der Waals surface area contributed by atoms with Crippen molar-refractivity contribution in [1.29, 1.82) is 0 Å². The van der Waals surface area contributed by atoms with Crippen LogP contribution in [0.3, 0.4) is 0 Å². The van der Waals surface area contributed by atoms with Crippen LogP contribution < -0.4 is 0 Å². The highest BCUT2D eigenvalue weighted by molar-refractivity contribution is 5.79. The third kappa shape index (κ3) is 1.65. The van der Waals surface area contributed by atoms with E-state index in [1.54, 1.807) is 0 Å². The van der Waals surface area contributed by atoms with E-state index in [0.29, 0.717) is 13.2 Å². The van der Waals surface area contributed by atoms with Gasteiger partial charge < -0.3 is 9.84 Å². The molecule has 0 aliphatic heterocycles. The van der Waals surface area contributed by atoms with E-state index in [4.69, 9.17) is 9.84 Å². The fourth-order valence-corrected chi connectivity index (χ4v) is 3.34. The molecule has 0 unspecified atom stereocenters. The second kappa shape index (κ2) is 3.57. The van der Waals surface area contributed by atoms with Gasteiger partial charge in [0.05, 0.1) is 18.6 Å². The number of aliphatic carboxylic acids is 1. The quantitative estimate of drug-likeness (QED) is 0.848. The van der Waals surface area contributed by atoms with Crippen LogP contribution in [0.4, 0.5) is 0 Å². The molecule has 0 amide bonds. The van der Waals surface area contributed by atoms with E-state index in [0.717, 1.165) is 19.3 Å². The van der Waals surface area contributed by atoms with E-state index < -0.39 is 5.97 Å². The number of hydrogen-bond donors (Lipinski definition) is 1. The lowest BCUT2D eigenvalue weighted by molar-refractivity contribution is -0.240. The third-order valence-corrected chi connectivity index (χ3v) is 4.11. The van der Waals surface area contributed by atoms with Gasteiger partial charge in [0.15, 0.2) is 0 Å². The maximum atomic E-state index is 10.9. The highest BCUT2D eigenvalue weighted by atomic mass is 16.5. The minimum absolute atomic E-state index is 0.188. The zero-order valence-corrected chi connectivity index (χ0v) is 9.69. The lowest BCUT2D eigenvalue weighted by atomic mass is 9.35. The van der Waals surface area contributed by atoms with E-state index in [1.165, 1.54) is 5.56 Å². The summed E-state index contributed by atoms with van der Waals surface area (Å²) in [5.74, 6) is -0.623. The van der Waals surface area contributed by atoms with Gasteiger partial charge in [0.2, 0.25) is 0 Å². The van der Waals surface area contributed by atoms with Gasteiger partial charge in [-0.1, -0.05) is 30.3 Å². The Morgan fingerprint density at radius 3 is 2.47 bits per heavy atom. The standard InChI is InChI=1S/C14H16O3/c15-12(16)14-7-13(8-14,9-14)10-17-6-11-4-2-1-3-5-11/h1-5H,6-10H2,(H,15,16). The van der Waals surface area contributed by atoms with Gasteiger partial charge >= 0.3 is 5.97 Å². The van der Waals surface area contributed by atoms with Crippen LogP contribution in [-0.2, 0) is 16.1 Å². The van der Waals surface area contributed by atoms with Crippen LogP contribution in [0.2, 0.25) is 0 Å². The van der Waals surface area contributed by atoms with E-state index in [9.17, 15) is 4.79 Å². The Kier molecular flexibility index (Phi) is 2.26. The molecule has 2 bridgehead atoms. The summed E-state index contributed by atoms with van der Waals surface area (Å²) in [6.45, 7) is 1.33. The lowest BCUT2D eigenvalue weighted by Gasteiger charge is -2.68. The molecule has 17 heavy (non-hydrogen) atoms. The zero-order chi connectivity index (χ0) is 11.9. The van der Waals surface area contributed by atoms with E-state index in [-0.39, 0.29) is 10.8 Å². The molecule has 3 aliphatic carbocycles. The van der Waals surface area contributed by atoms with Crippen LogP contribution in [0.25, 0.3) is 0 Å². The SMILES string of the molecule is O=C(O)C12CC(COCc3ccccc3)(C1)C2.